The zero-order valence-corrected chi connectivity index (χ0v) is 16.9. The van der Waals surface area contributed by atoms with Crippen molar-refractivity contribution in [2.24, 2.45) is 0 Å². The van der Waals surface area contributed by atoms with Crippen LogP contribution in [0.2, 0.25) is 0 Å². The lowest BCUT2D eigenvalue weighted by Gasteiger charge is -2.36. The van der Waals surface area contributed by atoms with E-state index in [2.05, 4.69) is 4.90 Å². The van der Waals surface area contributed by atoms with E-state index in [-0.39, 0.29) is 12.0 Å². The van der Waals surface area contributed by atoms with Gasteiger partial charge in [-0.1, -0.05) is 12.8 Å². The number of carbonyl (C=O) groups is 1. The lowest BCUT2D eigenvalue weighted by Crippen LogP contribution is -2.43. The van der Waals surface area contributed by atoms with E-state index in [1.807, 2.05) is 12.1 Å². The summed E-state index contributed by atoms with van der Waals surface area (Å²) in [6, 6.07) is 6.26. The number of ether oxygens (including phenoxy) is 2. The van der Waals surface area contributed by atoms with Crippen molar-refractivity contribution >= 4 is 5.91 Å². The van der Waals surface area contributed by atoms with E-state index >= 15 is 0 Å². The summed E-state index contributed by atoms with van der Waals surface area (Å²) in [4.78, 5) is 21.2. The van der Waals surface area contributed by atoms with E-state index in [1.54, 1.807) is 13.2 Å². The molecule has 0 N–H and O–H groups in total. The van der Waals surface area contributed by atoms with Crippen molar-refractivity contribution in [3.8, 4) is 11.5 Å². The highest BCUT2D eigenvalue weighted by atomic mass is 16.7. The number of hydrogen-bond acceptors (Lipinski definition) is 5. The SMILES string of the molecule is COc1ccc(OC2CCN(C3CCCC3)CC2)c(C(=O)N2CCCCO2)c1. The Balaban J connectivity index is 1.43. The van der Waals surface area contributed by atoms with E-state index in [1.165, 1.54) is 30.7 Å². The lowest BCUT2D eigenvalue weighted by atomic mass is 10.0. The molecule has 1 amide bonds. The highest BCUT2D eigenvalue weighted by molar-refractivity contribution is 5.96. The Labute approximate surface area is 167 Å². The average molecular weight is 389 g/mol. The second kappa shape index (κ2) is 9.14. The first-order valence-corrected chi connectivity index (χ1v) is 10.8. The van der Waals surface area contributed by atoms with Gasteiger partial charge in [0.05, 0.1) is 19.3 Å². The maximum atomic E-state index is 13.0. The number of rotatable bonds is 5. The highest BCUT2D eigenvalue weighted by Gasteiger charge is 2.29. The van der Waals surface area contributed by atoms with Crippen LogP contribution in [0.3, 0.4) is 0 Å². The number of methoxy groups -OCH3 is 1. The van der Waals surface area contributed by atoms with E-state index in [0.717, 1.165) is 44.8 Å². The van der Waals surface area contributed by atoms with Crippen LogP contribution in [0.5, 0.6) is 11.5 Å². The van der Waals surface area contributed by atoms with Crippen molar-refractivity contribution in [1.82, 2.24) is 9.96 Å². The fourth-order valence-electron chi connectivity index (χ4n) is 4.60. The molecule has 6 heteroatoms. The Morgan fingerprint density at radius 3 is 2.50 bits per heavy atom. The predicted octanol–water partition coefficient (Wildman–Crippen LogP) is 3.65. The molecule has 1 aromatic rings. The van der Waals surface area contributed by atoms with Gasteiger partial charge in [-0.2, -0.15) is 0 Å². The molecule has 2 heterocycles. The molecule has 3 aliphatic rings. The number of amides is 1. The van der Waals surface area contributed by atoms with Gasteiger partial charge >= 0.3 is 0 Å². The molecule has 28 heavy (non-hydrogen) atoms. The van der Waals surface area contributed by atoms with Gasteiger partial charge in [0.25, 0.3) is 5.91 Å². The molecule has 0 radical (unpaired) electrons. The number of benzene rings is 1. The molecule has 1 aliphatic carbocycles. The van der Waals surface area contributed by atoms with Crippen LogP contribution in [0.1, 0.15) is 61.7 Å². The normalized spacial score (nSPS) is 22.4. The Kier molecular flexibility index (Phi) is 6.37. The van der Waals surface area contributed by atoms with Crippen molar-refractivity contribution < 1.29 is 19.1 Å². The van der Waals surface area contributed by atoms with Crippen molar-refractivity contribution in [1.29, 1.82) is 0 Å². The van der Waals surface area contributed by atoms with Crippen molar-refractivity contribution in [3.05, 3.63) is 23.8 Å². The number of hydrogen-bond donors (Lipinski definition) is 0. The van der Waals surface area contributed by atoms with Crippen molar-refractivity contribution in [3.63, 3.8) is 0 Å². The molecule has 1 aromatic carbocycles. The smallest absolute Gasteiger partial charge is 0.281 e. The number of carbonyl (C=O) groups excluding carboxylic acids is 1. The molecule has 2 saturated heterocycles. The van der Waals surface area contributed by atoms with Gasteiger partial charge in [-0.15, -0.1) is 0 Å². The summed E-state index contributed by atoms with van der Waals surface area (Å²) in [7, 11) is 1.61. The van der Waals surface area contributed by atoms with Crippen LogP contribution in [-0.4, -0.2) is 61.4 Å². The van der Waals surface area contributed by atoms with Crippen LogP contribution in [0.25, 0.3) is 0 Å². The fourth-order valence-corrected chi connectivity index (χ4v) is 4.60. The molecular weight excluding hydrogens is 356 g/mol. The second-order valence-electron chi connectivity index (χ2n) is 8.10. The number of likely N-dealkylation sites (tertiary alicyclic amines) is 1. The molecular formula is C22H32N2O4. The van der Waals surface area contributed by atoms with Crippen LogP contribution >= 0.6 is 0 Å². The average Bonchev–Trinajstić information content (AvgIpc) is 3.30. The summed E-state index contributed by atoms with van der Waals surface area (Å²) in [5.41, 5.74) is 0.527. The molecule has 4 rings (SSSR count). The third-order valence-electron chi connectivity index (χ3n) is 6.26. The van der Waals surface area contributed by atoms with Gasteiger partial charge in [-0.25, -0.2) is 5.06 Å². The first-order valence-electron chi connectivity index (χ1n) is 10.8. The molecule has 0 spiro atoms. The number of piperidine rings is 1. The van der Waals surface area contributed by atoms with Crippen molar-refractivity contribution in [2.45, 2.75) is 63.5 Å². The van der Waals surface area contributed by atoms with E-state index < -0.39 is 0 Å². The summed E-state index contributed by atoms with van der Waals surface area (Å²) in [6.07, 6.45) is 9.56. The number of hydroxylamine groups is 2. The summed E-state index contributed by atoms with van der Waals surface area (Å²) in [5, 5.41) is 1.47. The zero-order valence-electron chi connectivity index (χ0n) is 16.9. The van der Waals surface area contributed by atoms with Crippen LogP contribution in [0, 0.1) is 0 Å². The van der Waals surface area contributed by atoms with Crippen LogP contribution < -0.4 is 9.47 Å². The topological polar surface area (TPSA) is 51.2 Å². The van der Waals surface area contributed by atoms with Gasteiger partial charge in [-0.05, 0) is 56.7 Å². The molecule has 2 aliphatic heterocycles. The molecule has 3 fully saturated rings. The third-order valence-corrected chi connectivity index (χ3v) is 6.26. The number of nitrogens with zero attached hydrogens (tertiary/aromatic N) is 2. The van der Waals surface area contributed by atoms with E-state index in [4.69, 9.17) is 14.3 Å². The van der Waals surface area contributed by atoms with Crippen molar-refractivity contribution in [2.75, 3.05) is 33.4 Å². The van der Waals surface area contributed by atoms with Crippen LogP contribution in [0.4, 0.5) is 0 Å². The minimum absolute atomic E-state index is 0.142. The first kappa shape index (κ1) is 19.5. The Morgan fingerprint density at radius 2 is 1.82 bits per heavy atom. The second-order valence-corrected chi connectivity index (χ2v) is 8.10. The molecule has 6 nitrogen and oxygen atoms in total. The Bertz CT molecular complexity index is 661. The van der Waals surface area contributed by atoms with Gasteiger partial charge in [-0.3, -0.25) is 9.63 Å². The van der Waals surface area contributed by atoms with Gasteiger partial charge in [0.2, 0.25) is 0 Å². The molecule has 0 unspecified atom stereocenters. The fraction of sp³-hybridized carbons (Fsp3) is 0.682. The molecule has 0 bridgehead atoms. The lowest BCUT2D eigenvalue weighted by molar-refractivity contribution is -0.144. The standard InChI is InChI=1S/C22H32N2O4/c1-26-19-8-9-21(20(16-19)22(25)24-12-4-5-15-27-24)28-18-10-13-23(14-11-18)17-6-2-3-7-17/h8-9,16-18H,2-7,10-15H2,1H3. The summed E-state index contributed by atoms with van der Waals surface area (Å²) in [5.74, 6) is 1.15. The highest BCUT2D eigenvalue weighted by Crippen LogP contribution is 2.31. The molecule has 154 valence electrons. The Hall–Kier alpha value is -1.79. The maximum absolute atomic E-state index is 13.0. The maximum Gasteiger partial charge on any atom is 0.281 e. The summed E-state index contributed by atoms with van der Waals surface area (Å²) in [6.45, 7) is 3.38. The van der Waals surface area contributed by atoms with Gasteiger partial charge in [0.1, 0.15) is 17.6 Å². The van der Waals surface area contributed by atoms with Crippen LogP contribution in [0.15, 0.2) is 18.2 Å². The third kappa shape index (κ3) is 4.44. The zero-order chi connectivity index (χ0) is 19.3. The van der Waals surface area contributed by atoms with E-state index in [9.17, 15) is 4.79 Å². The summed E-state index contributed by atoms with van der Waals surface area (Å²) < 4.78 is 11.7. The van der Waals surface area contributed by atoms with Gasteiger partial charge in [0, 0.05) is 25.7 Å². The first-order chi connectivity index (χ1) is 13.7. The minimum atomic E-state index is -0.142. The minimum Gasteiger partial charge on any atom is -0.497 e. The molecule has 0 aromatic heterocycles. The quantitative estimate of drug-likeness (QED) is 0.771. The Morgan fingerprint density at radius 1 is 1.04 bits per heavy atom. The van der Waals surface area contributed by atoms with Gasteiger partial charge < -0.3 is 14.4 Å². The largest absolute Gasteiger partial charge is 0.497 e. The molecule has 1 saturated carbocycles. The monoisotopic (exact) mass is 388 g/mol. The predicted molar refractivity (Wildman–Crippen MR) is 107 cm³/mol. The van der Waals surface area contributed by atoms with Gasteiger partial charge in [0.15, 0.2) is 0 Å². The summed E-state index contributed by atoms with van der Waals surface area (Å²) >= 11 is 0. The van der Waals surface area contributed by atoms with Crippen LogP contribution in [-0.2, 0) is 4.84 Å². The molecule has 0 atom stereocenters. The van der Waals surface area contributed by atoms with E-state index in [0.29, 0.717) is 30.2 Å².